The van der Waals surface area contributed by atoms with Crippen LogP contribution >= 0.6 is 0 Å². The molecule has 0 N–H and O–H groups in total. The average molecular weight is 569 g/mol. The predicted molar refractivity (Wildman–Crippen MR) is 131 cm³/mol. The molecular formula is C21H44O13S2. The van der Waals surface area contributed by atoms with Crippen molar-refractivity contribution in [1.29, 1.82) is 0 Å². The number of rotatable bonds is 28. The first-order chi connectivity index (χ1) is 17.1. The van der Waals surface area contributed by atoms with E-state index in [9.17, 15) is 16.8 Å². The Hall–Kier alpha value is -0.460. The molecule has 0 rings (SSSR count). The second kappa shape index (κ2) is 23.6. The van der Waals surface area contributed by atoms with Gasteiger partial charge in [-0.05, 0) is 6.42 Å². The molecule has 0 bridgehead atoms. The molecule has 0 aromatic heterocycles. The van der Waals surface area contributed by atoms with Crippen LogP contribution in [0.25, 0.3) is 0 Å². The van der Waals surface area contributed by atoms with Crippen molar-refractivity contribution >= 4 is 20.2 Å². The van der Waals surface area contributed by atoms with Crippen LogP contribution in [0, 0.1) is 5.92 Å². The number of hydrogen-bond acceptors (Lipinski definition) is 13. The Bertz CT molecular complexity index is 686. The normalized spacial score (nSPS) is 13.3. The largest absolute Gasteiger partial charge is 0.379 e. The van der Waals surface area contributed by atoms with Gasteiger partial charge in [0.05, 0.1) is 112 Å². The highest BCUT2D eigenvalue weighted by Gasteiger charge is 2.11. The van der Waals surface area contributed by atoms with Crippen LogP contribution in [0.3, 0.4) is 0 Å². The zero-order valence-electron chi connectivity index (χ0n) is 21.7. The van der Waals surface area contributed by atoms with Crippen LogP contribution < -0.4 is 0 Å². The molecule has 13 nitrogen and oxygen atoms in total. The fourth-order valence-corrected chi connectivity index (χ4v) is 3.15. The van der Waals surface area contributed by atoms with Crippen molar-refractivity contribution in [3.05, 3.63) is 0 Å². The Balaban J connectivity index is 3.93. The zero-order valence-corrected chi connectivity index (χ0v) is 23.4. The maximum absolute atomic E-state index is 11.0. The second-order valence-electron chi connectivity index (χ2n) is 7.59. The van der Waals surface area contributed by atoms with Crippen molar-refractivity contribution in [2.24, 2.45) is 5.92 Å². The standard InChI is InChI=1S/C21H44O13S2/c1-4-5-26-6-7-27-10-12-30-18-21(20-32-15-17-34-36(3,24)25)19-31-13-11-28-8-9-29-14-16-33-35(2,22)23/h21H,4-20H2,1-3H3. The quantitative estimate of drug-likeness (QED) is 0.0926. The molecule has 0 saturated carbocycles. The van der Waals surface area contributed by atoms with Gasteiger partial charge >= 0.3 is 0 Å². The molecule has 0 saturated heterocycles. The summed E-state index contributed by atoms with van der Waals surface area (Å²) in [6.45, 7) is 7.29. The van der Waals surface area contributed by atoms with Crippen LogP contribution in [0.1, 0.15) is 13.3 Å². The molecule has 0 fully saturated rings. The molecule has 1 unspecified atom stereocenters. The first kappa shape index (κ1) is 35.5. The van der Waals surface area contributed by atoms with E-state index in [0.717, 1.165) is 25.5 Å². The summed E-state index contributed by atoms with van der Waals surface area (Å²) in [6, 6.07) is 0. The molecule has 0 amide bonds. The van der Waals surface area contributed by atoms with E-state index >= 15 is 0 Å². The van der Waals surface area contributed by atoms with E-state index in [4.69, 9.17) is 33.2 Å². The summed E-state index contributed by atoms with van der Waals surface area (Å²) in [5, 5.41) is 0. The van der Waals surface area contributed by atoms with Crippen molar-refractivity contribution < 1.29 is 58.4 Å². The van der Waals surface area contributed by atoms with E-state index in [2.05, 4.69) is 8.37 Å². The molecule has 0 radical (unpaired) electrons. The van der Waals surface area contributed by atoms with Crippen molar-refractivity contribution in [1.82, 2.24) is 0 Å². The van der Waals surface area contributed by atoms with Gasteiger partial charge in [-0.25, -0.2) is 0 Å². The molecular weight excluding hydrogens is 524 g/mol. The van der Waals surface area contributed by atoms with Gasteiger partial charge < -0.3 is 33.2 Å². The zero-order chi connectivity index (χ0) is 27.0. The van der Waals surface area contributed by atoms with Gasteiger partial charge in [-0.3, -0.25) is 8.37 Å². The van der Waals surface area contributed by atoms with Gasteiger partial charge in [-0.15, -0.1) is 0 Å². The third-order valence-electron chi connectivity index (χ3n) is 3.95. The highest BCUT2D eigenvalue weighted by molar-refractivity contribution is 7.86. The van der Waals surface area contributed by atoms with Crippen molar-refractivity contribution in [3.63, 3.8) is 0 Å². The lowest BCUT2D eigenvalue weighted by Gasteiger charge is -2.18. The minimum Gasteiger partial charge on any atom is -0.379 e. The summed E-state index contributed by atoms with van der Waals surface area (Å²) in [5.41, 5.74) is 0. The van der Waals surface area contributed by atoms with E-state index < -0.39 is 20.2 Å². The molecule has 0 aliphatic heterocycles. The lowest BCUT2D eigenvalue weighted by atomic mass is 10.2. The number of ether oxygens (including phenoxy) is 7. The first-order valence-electron chi connectivity index (χ1n) is 11.9. The summed E-state index contributed by atoms with van der Waals surface area (Å²) >= 11 is 0. The van der Waals surface area contributed by atoms with E-state index in [0.29, 0.717) is 72.7 Å². The molecule has 0 spiro atoms. The van der Waals surface area contributed by atoms with Crippen molar-refractivity contribution in [2.75, 3.05) is 118 Å². The van der Waals surface area contributed by atoms with Gasteiger partial charge in [0, 0.05) is 12.5 Å². The topological polar surface area (TPSA) is 151 Å². The van der Waals surface area contributed by atoms with Crippen LogP contribution in [-0.4, -0.2) is 135 Å². The maximum atomic E-state index is 11.0. The molecule has 218 valence electrons. The van der Waals surface area contributed by atoms with E-state index in [1.807, 2.05) is 6.92 Å². The van der Waals surface area contributed by atoms with Gasteiger partial charge in [0.15, 0.2) is 0 Å². The van der Waals surface area contributed by atoms with Crippen LogP contribution in [0.5, 0.6) is 0 Å². The van der Waals surface area contributed by atoms with E-state index in [1.165, 1.54) is 0 Å². The van der Waals surface area contributed by atoms with Gasteiger partial charge in [0.1, 0.15) is 0 Å². The third kappa shape index (κ3) is 29.8. The minimum absolute atomic E-state index is 0.0344. The van der Waals surface area contributed by atoms with E-state index in [1.54, 1.807) is 0 Å². The van der Waals surface area contributed by atoms with Crippen LogP contribution in [0.15, 0.2) is 0 Å². The molecule has 1 atom stereocenters. The Morgan fingerprint density at radius 3 is 1.06 bits per heavy atom. The molecule has 0 aromatic rings. The predicted octanol–water partition coefficient (Wildman–Crippen LogP) is 0.0812. The summed E-state index contributed by atoms with van der Waals surface area (Å²) < 4.78 is 91.0. The van der Waals surface area contributed by atoms with Gasteiger partial charge in [0.2, 0.25) is 0 Å². The molecule has 36 heavy (non-hydrogen) atoms. The summed E-state index contributed by atoms with van der Waals surface area (Å²) in [5.74, 6) is -0.0747. The summed E-state index contributed by atoms with van der Waals surface area (Å²) in [6.07, 6.45) is 2.94. The Kier molecular flexibility index (Phi) is 23.3. The Morgan fingerprint density at radius 1 is 0.444 bits per heavy atom. The SMILES string of the molecule is CCCOCCOCCOCC(COCCOCCOCCOS(C)(=O)=O)COCCOS(C)(=O)=O. The lowest BCUT2D eigenvalue weighted by Crippen LogP contribution is -2.25. The highest BCUT2D eigenvalue weighted by Crippen LogP contribution is 2.02. The molecule has 0 aliphatic rings. The highest BCUT2D eigenvalue weighted by atomic mass is 32.2. The van der Waals surface area contributed by atoms with Crippen LogP contribution in [0.2, 0.25) is 0 Å². The fourth-order valence-electron chi connectivity index (χ4n) is 2.41. The lowest BCUT2D eigenvalue weighted by molar-refractivity contribution is -0.0385. The van der Waals surface area contributed by atoms with Gasteiger partial charge in [-0.2, -0.15) is 16.8 Å². The Labute approximate surface area is 216 Å². The summed E-state index contributed by atoms with van der Waals surface area (Å²) in [4.78, 5) is 0. The van der Waals surface area contributed by atoms with Gasteiger partial charge in [-0.1, -0.05) is 6.92 Å². The Morgan fingerprint density at radius 2 is 0.722 bits per heavy atom. The van der Waals surface area contributed by atoms with Crippen molar-refractivity contribution in [2.45, 2.75) is 13.3 Å². The molecule has 0 aromatic carbocycles. The van der Waals surface area contributed by atoms with E-state index in [-0.39, 0.29) is 32.3 Å². The average Bonchev–Trinajstić information content (AvgIpc) is 2.79. The molecule has 15 heteroatoms. The molecule has 0 aliphatic carbocycles. The molecule has 0 heterocycles. The summed E-state index contributed by atoms with van der Waals surface area (Å²) in [7, 11) is -6.95. The smallest absolute Gasteiger partial charge is 0.264 e. The van der Waals surface area contributed by atoms with Crippen LogP contribution in [-0.2, 0) is 61.8 Å². The fraction of sp³-hybridized carbons (Fsp3) is 1.00. The monoisotopic (exact) mass is 568 g/mol. The van der Waals surface area contributed by atoms with Crippen LogP contribution in [0.4, 0.5) is 0 Å². The second-order valence-corrected chi connectivity index (χ2v) is 10.9. The third-order valence-corrected chi connectivity index (χ3v) is 5.14. The van der Waals surface area contributed by atoms with Crippen molar-refractivity contribution in [3.8, 4) is 0 Å². The minimum atomic E-state index is -3.50. The first-order valence-corrected chi connectivity index (χ1v) is 15.5. The maximum Gasteiger partial charge on any atom is 0.264 e. The number of hydrogen-bond donors (Lipinski definition) is 0. The van der Waals surface area contributed by atoms with Gasteiger partial charge in [0.25, 0.3) is 20.2 Å².